The molecule has 1 fully saturated rings. The summed E-state index contributed by atoms with van der Waals surface area (Å²) < 4.78 is 104. The molecule has 4 rings (SSSR count). The van der Waals surface area contributed by atoms with E-state index in [9.17, 15) is 31.1 Å². The van der Waals surface area contributed by atoms with E-state index in [4.69, 9.17) is 14.2 Å². The molecule has 232 valence electrons. The molecule has 0 aliphatic heterocycles. The van der Waals surface area contributed by atoms with Gasteiger partial charge in [-0.05, 0) is 74.3 Å². The summed E-state index contributed by atoms with van der Waals surface area (Å²) in [5, 5.41) is 0. The van der Waals surface area contributed by atoms with E-state index in [2.05, 4.69) is 0 Å². The maximum Gasteiger partial charge on any atom is 0.341 e. The second-order valence-corrected chi connectivity index (χ2v) is 10.6. The Kier molecular flexibility index (Phi) is 11.0. The number of carbonyl (C=O) groups excluding carboxylic acids is 1. The third-order valence-corrected chi connectivity index (χ3v) is 7.61. The summed E-state index contributed by atoms with van der Waals surface area (Å²) in [5.74, 6) is -9.76. The Hall–Kier alpha value is -3.69. The second-order valence-electron chi connectivity index (χ2n) is 10.6. The highest BCUT2D eigenvalue weighted by atomic mass is 19.2. The standard InChI is InChI=1S/C33H34F6O4/c1-3-5-17-41-25-15-13-21(27(34)31(25)38)19-7-9-20(10-8-19)43-33(40)24-12-11-22(28(35)30(24)37)23-14-16-26(32(39)29(23)36)42-18-6-4-2/h11-16,19-20H,3-10,17-18H2,1-2H3. The van der Waals surface area contributed by atoms with Crippen LogP contribution in [0.4, 0.5) is 26.3 Å². The molecule has 0 heterocycles. The Morgan fingerprint density at radius 1 is 0.651 bits per heavy atom. The molecule has 3 aromatic carbocycles. The van der Waals surface area contributed by atoms with Crippen molar-refractivity contribution < 1.29 is 45.3 Å². The lowest BCUT2D eigenvalue weighted by molar-refractivity contribution is 0.0188. The lowest BCUT2D eigenvalue weighted by Crippen LogP contribution is -2.25. The van der Waals surface area contributed by atoms with E-state index in [-0.39, 0.29) is 36.2 Å². The van der Waals surface area contributed by atoms with E-state index in [1.54, 1.807) is 0 Å². The molecule has 0 N–H and O–H groups in total. The molecule has 0 unspecified atom stereocenters. The number of benzene rings is 3. The summed E-state index contributed by atoms with van der Waals surface area (Å²) in [6, 6.07) is 7.05. The third-order valence-electron chi connectivity index (χ3n) is 7.61. The first-order valence-electron chi connectivity index (χ1n) is 14.6. The van der Waals surface area contributed by atoms with Crippen LogP contribution in [0.15, 0.2) is 36.4 Å². The fourth-order valence-corrected chi connectivity index (χ4v) is 5.10. The minimum absolute atomic E-state index is 0.140. The molecular weight excluding hydrogens is 574 g/mol. The Labute approximate surface area is 247 Å². The van der Waals surface area contributed by atoms with Gasteiger partial charge in [0, 0.05) is 11.1 Å². The van der Waals surface area contributed by atoms with Gasteiger partial charge in [0.05, 0.1) is 18.8 Å². The largest absolute Gasteiger partial charge is 0.490 e. The fourth-order valence-electron chi connectivity index (χ4n) is 5.10. The molecule has 0 aromatic heterocycles. The van der Waals surface area contributed by atoms with Crippen LogP contribution >= 0.6 is 0 Å². The zero-order valence-electron chi connectivity index (χ0n) is 24.1. The van der Waals surface area contributed by atoms with E-state index in [0.717, 1.165) is 37.1 Å². The van der Waals surface area contributed by atoms with Crippen LogP contribution < -0.4 is 9.47 Å². The zero-order valence-corrected chi connectivity index (χ0v) is 24.1. The highest BCUT2D eigenvalue weighted by molar-refractivity contribution is 5.90. The van der Waals surface area contributed by atoms with Gasteiger partial charge in [-0.2, -0.15) is 8.78 Å². The van der Waals surface area contributed by atoms with Crippen molar-refractivity contribution in [3.63, 3.8) is 0 Å². The van der Waals surface area contributed by atoms with Crippen molar-refractivity contribution in [3.8, 4) is 22.6 Å². The molecule has 0 bridgehead atoms. The molecule has 0 amide bonds. The van der Waals surface area contributed by atoms with E-state index < -0.39 is 63.7 Å². The molecule has 10 heteroatoms. The number of rotatable bonds is 12. The lowest BCUT2D eigenvalue weighted by atomic mass is 9.82. The molecule has 3 aromatic rings. The highest BCUT2D eigenvalue weighted by Gasteiger charge is 2.30. The van der Waals surface area contributed by atoms with Crippen LogP contribution in [0.5, 0.6) is 11.5 Å². The van der Waals surface area contributed by atoms with Crippen LogP contribution in [-0.2, 0) is 4.74 Å². The number of hydrogen-bond acceptors (Lipinski definition) is 4. The van der Waals surface area contributed by atoms with Crippen LogP contribution in [0.3, 0.4) is 0 Å². The quantitative estimate of drug-likeness (QED) is 0.117. The SMILES string of the molecule is CCCCOc1ccc(-c2ccc(C(=O)OC3CCC(c4ccc(OCCCC)c(F)c4F)CC3)c(F)c2F)c(F)c1F. The van der Waals surface area contributed by atoms with Crippen molar-refractivity contribution in [2.45, 2.75) is 77.2 Å². The summed E-state index contributed by atoms with van der Waals surface area (Å²) in [6.45, 7) is 4.32. The van der Waals surface area contributed by atoms with Crippen molar-refractivity contribution in [1.82, 2.24) is 0 Å². The van der Waals surface area contributed by atoms with Crippen molar-refractivity contribution >= 4 is 5.97 Å². The van der Waals surface area contributed by atoms with E-state index >= 15 is 0 Å². The first-order valence-corrected chi connectivity index (χ1v) is 14.6. The van der Waals surface area contributed by atoms with E-state index in [1.165, 1.54) is 12.1 Å². The number of carbonyl (C=O) groups is 1. The van der Waals surface area contributed by atoms with Crippen molar-refractivity contribution in [2.75, 3.05) is 13.2 Å². The summed E-state index contributed by atoms with van der Waals surface area (Å²) in [4.78, 5) is 12.7. The van der Waals surface area contributed by atoms with Crippen LogP contribution in [0.1, 0.15) is 87.1 Å². The van der Waals surface area contributed by atoms with Crippen LogP contribution in [0.25, 0.3) is 11.1 Å². The molecular formula is C33H34F6O4. The first-order chi connectivity index (χ1) is 20.7. The summed E-state index contributed by atoms with van der Waals surface area (Å²) in [6.07, 6.45) is 3.68. The molecule has 1 aliphatic carbocycles. The molecule has 4 nitrogen and oxygen atoms in total. The van der Waals surface area contributed by atoms with Gasteiger partial charge in [-0.1, -0.05) is 38.8 Å². The smallest absolute Gasteiger partial charge is 0.341 e. The number of esters is 1. The van der Waals surface area contributed by atoms with E-state index in [0.29, 0.717) is 38.5 Å². The summed E-state index contributed by atoms with van der Waals surface area (Å²) in [7, 11) is 0. The van der Waals surface area contributed by atoms with Gasteiger partial charge in [-0.3, -0.25) is 0 Å². The van der Waals surface area contributed by atoms with Gasteiger partial charge in [0.2, 0.25) is 11.6 Å². The van der Waals surface area contributed by atoms with Gasteiger partial charge >= 0.3 is 5.97 Å². The fraction of sp³-hybridized carbons (Fsp3) is 0.424. The minimum atomic E-state index is -1.56. The van der Waals surface area contributed by atoms with Gasteiger partial charge in [-0.15, -0.1) is 0 Å². The topological polar surface area (TPSA) is 44.8 Å². The maximum absolute atomic E-state index is 15.0. The monoisotopic (exact) mass is 608 g/mol. The van der Waals surface area contributed by atoms with Gasteiger partial charge in [0.15, 0.2) is 34.8 Å². The minimum Gasteiger partial charge on any atom is -0.490 e. The number of unbranched alkanes of at least 4 members (excludes halogenated alkanes) is 2. The molecule has 0 spiro atoms. The van der Waals surface area contributed by atoms with Crippen molar-refractivity contribution in [1.29, 1.82) is 0 Å². The second kappa shape index (κ2) is 14.7. The van der Waals surface area contributed by atoms with Gasteiger partial charge in [-0.25, -0.2) is 22.4 Å². The molecule has 1 saturated carbocycles. The number of hydrogen-bond donors (Lipinski definition) is 0. The zero-order chi connectivity index (χ0) is 31.1. The Morgan fingerprint density at radius 3 is 1.74 bits per heavy atom. The predicted octanol–water partition coefficient (Wildman–Crippen LogP) is 9.43. The Bertz CT molecular complexity index is 1440. The van der Waals surface area contributed by atoms with E-state index in [1.807, 2.05) is 13.8 Å². The predicted molar refractivity (Wildman–Crippen MR) is 149 cm³/mol. The van der Waals surface area contributed by atoms with Gasteiger partial charge < -0.3 is 14.2 Å². The molecule has 0 radical (unpaired) electrons. The van der Waals surface area contributed by atoms with Gasteiger partial charge in [0.1, 0.15) is 6.10 Å². The average Bonchev–Trinajstić information content (AvgIpc) is 3.00. The molecule has 0 saturated heterocycles. The Balaban J connectivity index is 1.40. The van der Waals surface area contributed by atoms with Gasteiger partial charge in [0.25, 0.3) is 0 Å². The molecule has 43 heavy (non-hydrogen) atoms. The molecule has 0 atom stereocenters. The molecule has 1 aliphatic rings. The maximum atomic E-state index is 15.0. The first kappa shape index (κ1) is 32.2. The Morgan fingerprint density at radius 2 is 1.16 bits per heavy atom. The normalized spacial score (nSPS) is 16.7. The van der Waals surface area contributed by atoms with Crippen LogP contribution in [0.2, 0.25) is 0 Å². The van der Waals surface area contributed by atoms with Crippen LogP contribution in [-0.4, -0.2) is 25.3 Å². The van der Waals surface area contributed by atoms with Crippen molar-refractivity contribution in [3.05, 3.63) is 82.4 Å². The average molecular weight is 609 g/mol. The van der Waals surface area contributed by atoms with Crippen LogP contribution in [0, 0.1) is 34.9 Å². The third kappa shape index (κ3) is 7.28. The number of halogens is 6. The summed E-state index contributed by atoms with van der Waals surface area (Å²) >= 11 is 0. The highest BCUT2D eigenvalue weighted by Crippen LogP contribution is 2.38. The summed E-state index contributed by atoms with van der Waals surface area (Å²) in [5.41, 5.74) is -1.59. The lowest BCUT2D eigenvalue weighted by Gasteiger charge is -2.29. The number of ether oxygens (including phenoxy) is 3. The van der Waals surface area contributed by atoms with Crippen molar-refractivity contribution in [2.24, 2.45) is 0 Å².